The minimum absolute atomic E-state index is 0.0150. The van der Waals surface area contributed by atoms with E-state index in [2.05, 4.69) is 5.32 Å². The lowest BCUT2D eigenvalue weighted by atomic mass is 10.1. The molecule has 0 unspecified atom stereocenters. The fourth-order valence-corrected chi connectivity index (χ4v) is 5.76. The molecule has 0 aromatic heterocycles. The van der Waals surface area contributed by atoms with Gasteiger partial charge in [-0.2, -0.15) is 0 Å². The molecule has 0 atom stereocenters. The zero-order valence-electron chi connectivity index (χ0n) is 21.4. The van der Waals surface area contributed by atoms with Crippen LogP contribution in [0.25, 0.3) is 0 Å². The molecule has 10 heteroatoms. The van der Waals surface area contributed by atoms with Crippen molar-refractivity contribution >= 4 is 27.5 Å². The summed E-state index contributed by atoms with van der Waals surface area (Å²) in [5.74, 6) is 0.509. The number of nitrogens with one attached hydrogen (secondary N) is 1. The molecule has 2 amide bonds. The summed E-state index contributed by atoms with van der Waals surface area (Å²) in [7, 11) is -1.17. The smallest absolute Gasteiger partial charge is 0.264 e. The lowest BCUT2D eigenvalue weighted by Crippen LogP contribution is -2.40. The molecule has 1 fully saturated rings. The summed E-state index contributed by atoms with van der Waals surface area (Å²) in [4.78, 5) is 26.9. The highest BCUT2D eigenvalue weighted by molar-refractivity contribution is 7.92. The monoisotopic (exact) mass is 537 g/mol. The Morgan fingerprint density at radius 3 is 2.39 bits per heavy atom. The van der Waals surface area contributed by atoms with Crippen LogP contribution in [-0.4, -0.2) is 52.4 Å². The van der Waals surface area contributed by atoms with Crippen LogP contribution < -0.4 is 19.1 Å². The van der Waals surface area contributed by atoms with Crippen molar-refractivity contribution < 1.29 is 27.5 Å². The first kappa shape index (κ1) is 27.0. The molecule has 3 aromatic carbocycles. The molecular weight excluding hydrogens is 506 g/mol. The van der Waals surface area contributed by atoms with Gasteiger partial charge in [-0.25, -0.2) is 8.42 Å². The van der Waals surface area contributed by atoms with Crippen molar-refractivity contribution in [2.75, 3.05) is 31.6 Å². The molecular formula is C28H31N3O6S. The second-order valence-corrected chi connectivity index (χ2v) is 10.7. The van der Waals surface area contributed by atoms with Gasteiger partial charge in [0, 0.05) is 26.1 Å². The van der Waals surface area contributed by atoms with E-state index in [1.807, 2.05) is 29.2 Å². The number of carbonyl (C=O) groups is 2. The minimum atomic E-state index is -4.12. The van der Waals surface area contributed by atoms with Crippen molar-refractivity contribution in [1.82, 2.24) is 10.2 Å². The van der Waals surface area contributed by atoms with Crippen molar-refractivity contribution in [2.45, 2.75) is 30.8 Å². The number of hydrogen-bond acceptors (Lipinski definition) is 6. The third kappa shape index (κ3) is 6.25. The number of rotatable bonds is 11. The number of ether oxygens (including phenoxy) is 2. The van der Waals surface area contributed by atoms with E-state index in [1.54, 1.807) is 36.4 Å². The number of amides is 2. The fraction of sp³-hybridized carbons (Fsp3) is 0.286. The van der Waals surface area contributed by atoms with E-state index in [9.17, 15) is 18.0 Å². The van der Waals surface area contributed by atoms with E-state index in [0.29, 0.717) is 24.5 Å². The highest BCUT2D eigenvalue weighted by Crippen LogP contribution is 2.32. The van der Waals surface area contributed by atoms with Crippen molar-refractivity contribution in [2.24, 2.45) is 0 Å². The second-order valence-electron chi connectivity index (χ2n) is 8.87. The number of sulfonamides is 1. The van der Waals surface area contributed by atoms with Gasteiger partial charge in [0.05, 0.1) is 24.8 Å². The average molecular weight is 538 g/mol. The van der Waals surface area contributed by atoms with Gasteiger partial charge < -0.3 is 19.7 Å². The van der Waals surface area contributed by atoms with E-state index in [4.69, 9.17) is 9.47 Å². The van der Waals surface area contributed by atoms with E-state index in [1.165, 1.54) is 26.4 Å². The molecule has 1 aliphatic rings. The maximum atomic E-state index is 13.7. The molecule has 0 bridgehead atoms. The Bertz CT molecular complexity index is 1390. The summed E-state index contributed by atoms with van der Waals surface area (Å²) in [6.07, 6.45) is 1.45. The Kier molecular flexibility index (Phi) is 8.52. The lowest BCUT2D eigenvalue weighted by Gasteiger charge is -2.25. The Balaban J connectivity index is 1.51. The zero-order chi connectivity index (χ0) is 27.1. The van der Waals surface area contributed by atoms with Gasteiger partial charge in [-0.15, -0.1) is 0 Å². The Morgan fingerprint density at radius 1 is 0.974 bits per heavy atom. The minimum Gasteiger partial charge on any atom is -0.497 e. The fourth-order valence-electron chi connectivity index (χ4n) is 4.33. The molecule has 38 heavy (non-hydrogen) atoms. The summed E-state index contributed by atoms with van der Waals surface area (Å²) >= 11 is 0. The number of methoxy groups -OCH3 is 2. The first-order valence-electron chi connectivity index (χ1n) is 12.2. The second kappa shape index (κ2) is 12.0. The predicted octanol–water partition coefficient (Wildman–Crippen LogP) is 3.34. The SMILES string of the molecule is COc1ccc(S(=O)(=O)N(CC(=O)NCc2cccc(CN3CCCC3=O)c2)c2ccccc2OC)cc1. The van der Waals surface area contributed by atoms with Gasteiger partial charge in [0.2, 0.25) is 11.8 Å². The summed E-state index contributed by atoms with van der Waals surface area (Å²) in [5, 5.41) is 2.82. The highest BCUT2D eigenvalue weighted by Gasteiger charge is 2.29. The van der Waals surface area contributed by atoms with Crippen molar-refractivity contribution in [1.29, 1.82) is 0 Å². The van der Waals surface area contributed by atoms with Gasteiger partial charge in [0.15, 0.2) is 0 Å². The maximum absolute atomic E-state index is 13.7. The molecule has 0 spiro atoms. The number of likely N-dealkylation sites (tertiary alicyclic amines) is 1. The van der Waals surface area contributed by atoms with Gasteiger partial charge in [-0.1, -0.05) is 36.4 Å². The Morgan fingerprint density at radius 2 is 1.71 bits per heavy atom. The summed E-state index contributed by atoms with van der Waals surface area (Å²) in [5.41, 5.74) is 2.08. The van der Waals surface area contributed by atoms with Crippen LogP contribution in [-0.2, 0) is 32.7 Å². The van der Waals surface area contributed by atoms with Crippen LogP contribution in [0.5, 0.6) is 11.5 Å². The van der Waals surface area contributed by atoms with Crippen LogP contribution in [0.15, 0.2) is 77.7 Å². The molecule has 0 aliphatic carbocycles. The number of nitrogens with zero attached hydrogens (tertiary/aromatic N) is 2. The summed E-state index contributed by atoms with van der Waals surface area (Å²) < 4.78 is 38.9. The van der Waals surface area contributed by atoms with E-state index >= 15 is 0 Å². The van der Waals surface area contributed by atoms with Crippen LogP contribution in [0, 0.1) is 0 Å². The number of para-hydroxylation sites is 2. The van der Waals surface area contributed by atoms with Gasteiger partial charge in [0.1, 0.15) is 18.0 Å². The third-order valence-electron chi connectivity index (χ3n) is 6.31. The van der Waals surface area contributed by atoms with Crippen LogP contribution in [0.2, 0.25) is 0 Å². The normalized spacial score (nSPS) is 13.3. The Hall–Kier alpha value is -4.05. The molecule has 1 N–H and O–H groups in total. The molecule has 1 saturated heterocycles. The van der Waals surface area contributed by atoms with Crippen molar-refractivity contribution in [3.8, 4) is 11.5 Å². The van der Waals surface area contributed by atoms with E-state index in [0.717, 1.165) is 28.4 Å². The zero-order valence-corrected chi connectivity index (χ0v) is 22.2. The van der Waals surface area contributed by atoms with Gasteiger partial charge in [0.25, 0.3) is 10.0 Å². The van der Waals surface area contributed by atoms with Crippen LogP contribution in [0.1, 0.15) is 24.0 Å². The van der Waals surface area contributed by atoms with E-state index in [-0.39, 0.29) is 23.0 Å². The topological polar surface area (TPSA) is 105 Å². The molecule has 3 aromatic rings. The lowest BCUT2D eigenvalue weighted by molar-refractivity contribution is -0.128. The maximum Gasteiger partial charge on any atom is 0.264 e. The van der Waals surface area contributed by atoms with Crippen LogP contribution >= 0.6 is 0 Å². The molecule has 1 aliphatic heterocycles. The number of carbonyl (C=O) groups excluding carboxylic acids is 2. The first-order chi connectivity index (χ1) is 18.3. The average Bonchev–Trinajstić information content (AvgIpc) is 3.34. The predicted molar refractivity (Wildman–Crippen MR) is 143 cm³/mol. The molecule has 200 valence electrons. The van der Waals surface area contributed by atoms with Gasteiger partial charge >= 0.3 is 0 Å². The molecule has 0 radical (unpaired) electrons. The highest BCUT2D eigenvalue weighted by atomic mass is 32.2. The summed E-state index contributed by atoms with van der Waals surface area (Å²) in [6.45, 7) is 1.04. The van der Waals surface area contributed by atoms with Gasteiger partial charge in [-0.3, -0.25) is 13.9 Å². The number of hydrogen-bond donors (Lipinski definition) is 1. The van der Waals surface area contributed by atoms with Gasteiger partial charge in [-0.05, 0) is 53.9 Å². The number of benzene rings is 3. The van der Waals surface area contributed by atoms with Crippen LogP contribution in [0.3, 0.4) is 0 Å². The number of anilines is 1. The molecule has 0 saturated carbocycles. The van der Waals surface area contributed by atoms with E-state index < -0.39 is 22.5 Å². The molecule has 9 nitrogen and oxygen atoms in total. The Labute approximate surface area is 223 Å². The van der Waals surface area contributed by atoms with Crippen molar-refractivity contribution in [3.05, 3.63) is 83.9 Å². The molecule has 4 rings (SSSR count). The first-order valence-corrected chi connectivity index (χ1v) is 13.7. The third-order valence-corrected chi connectivity index (χ3v) is 8.09. The largest absolute Gasteiger partial charge is 0.497 e. The van der Waals surface area contributed by atoms with Crippen molar-refractivity contribution in [3.63, 3.8) is 0 Å². The summed E-state index contributed by atoms with van der Waals surface area (Å²) in [6, 6.07) is 20.3. The standard InChI is InChI=1S/C28H31N3O6S/c1-36-23-12-14-24(15-13-23)38(34,35)31(25-9-3-4-10-26(25)37-2)20-27(32)29-18-21-7-5-8-22(17-21)19-30-16-6-11-28(30)33/h3-5,7-10,12-15,17H,6,11,16,18-20H2,1-2H3,(H,29,32). The quantitative estimate of drug-likeness (QED) is 0.402. The van der Waals surface area contributed by atoms with Crippen LogP contribution in [0.4, 0.5) is 5.69 Å². The molecule has 1 heterocycles.